The molecule has 0 aliphatic heterocycles. The van der Waals surface area contributed by atoms with Crippen LogP contribution < -0.4 is 11.1 Å². The van der Waals surface area contributed by atoms with Crippen molar-refractivity contribution in [3.05, 3.63) is 12.3 Å². The SMILES string of the molecule is CC(CCS(C)=O)Nc1nccc(N)n1. The summed E-state index contributed by atoms with van der Waals surface area (Å²) >= 11 is 0. The molecule has 0 spiro atoms. The van der Waals surface area contributed by atoms with Gasteiger partial charge in [-0.15, -0.1) is 0 Å². The van der Waals surface area contributed by atoms with Crippen molar-refractivity contribution >= 4 is 22.6 Å². The fourth-order valence-electron chi connectivity index (χ4n) is 1.08. The minimum Gasteiger partial charge on any atom is -0.384 e. The van der Waals surface area contributed by atoms with E-state index in [1.807, 2.05) is 6.92 Å². The molecule has 0 saturated carbocycles. The number of anilines is 2. The van der Waals surface area contributed by atoms with Crippen LogP contribution in [-0.4, -0.2) is 32.2 Å². The summed E-state index contributed by atoms with van der Waals surface area (Å²) in [6.45, 7) is 2.00. The number of hydrogen-bond acceptors (Lipinski definition) is 5. The molecular formula is C9H16N4OS. The zero-order valence-electron chi connectivity index (χ0n) is 8.93. The van der Waals surface area contributed by atoms with Crippen LogP contribution in [0.25, 0.3) is 0 Å². The molecule has 0 bridgehead atoms. The molecule has 1 aromatic rings. The van der Waals surface area contributed by atoms with Crippen molar-refractivity contribution < 1.29 is 4.21 Å². The van der Waals surface area contributed by atoms with Crippen LogP contribution in [0.2, 0.25) is 0 Å². The van der Waals surface area contributed by atoms with Gasteiger partial charge in [0.15, 0.2) is 0 Å². The van der Waals surface area contributed by atoms with Crippen molar-refractivity contribution in [3.8, 4) is 0 Å². The Hall–Kier alpha value is -1.17. The number of aromatic nitrogens is 2. The van der Waals surface area contributed by atoms with Crippen molar-refractivity contribution in [2.24, 2.45) is 0 Å². The molecule has 84 valence electrons. The van der Waals surface area contributed by atoms with Crippen molar-refractivity contribution in [2.45, 2.75) is 19.4 Å². The lowest BCUT2D eigenvalue weighted by Gasteiger charge is -2.12. The van der Waals surface area contributed by atoms with E-state index >= 15 is 0 Å². The van der Waals surface area contributed by atoms with Crippen LogP contribution in [0.4, 0.5) is 11.8 Å². The largest absolute Gasteiger partial charge is 0.384 e. The number of nitrogens with one attached hydrogen (secondary N) is 1. The van der Waals surface area contributed by atoms with E-state index < -0.39 is 10.8 Å². The average Bonchev–Trinajstić information content (AvgIpc) is 2.15. The van der Waals surface area contributed by atoms with Gasteiger partial charge >= 0.3 is 0 Å². The number of hydrogen-bond donors (Lipinski definition) is 2. The molecule has 0 saturated heterocycles. The third kappa shape index (κ3) is 4.73. The van der Waals surface area contributed by atoms with Crippen LogP contribution >= 0.6 is 0 Å². The first-order chi connectivity index (χ1) is 7.08. The van der Waals surface area contributed by atoms with Gasteiger partial charge in [-0.3, -0.25) is 4.21 Å². The van der Waals surface area contributed by atoms with Gasteiger partial charge in [0.05, 0.1) is 0 Å². The summed E-state index contributed by atoms with van der Waals surface area (Å²) < 4.78 is 10.9. The van der Waals surface area contributed by atoms with Crippen molar-refractivity contribution in [1.82, 2.24) is 9.97 Å². The highest BCUT2D eigenvalue weighted by molar-refractivity contribution is 7.84. The summed E-state index contributed by atoms with van der Waals surface area (Å²) in [6, 6.07) is 1.83. The number of nitrogen functional groups attached to an aromatic ring is 1. The Labute approximate surface area is 92.0 Å². The lowest BCUT2D eigenvalue weighted by Crippen LogP contribution is -2.19. The molecule has 1 heterocycles. The van der Waals surface area contributed by atoms with Crippen molar-refractivity contribution in [2.75, 3.05) is 23.1 Å². The van der Waals surface area contributed by atoms with E-state index in [0.29, 0.717) is 17.5 Å². The number of nitrogens with zero attached hydrogens (tertiary/aromatic N) is 2. The monoisotopic (exact) mass is 228 g/mol. The number of rotatable bonds is 5. The van der Waals surface area contributed by atoms with Crippen LogP contribution in [0, 0.1) is 0 Å². The molecule has 0 aliphatic carbocycles. The Kier molecular flexibility index (Phi) is 4.48. The topological polar surface area (TPSA) is 80.9 Å². The first-order valence-electron chi connectivity index (χ1n) is 4.73. The Balaban J connectivity index is 2.44. The molecule has 1 rings (SSSR count). The van der Waals surface area contributed by atoms with Crippen LogP contribution in [0.5, 0.6) is 0 Å². The van der Waals surface area contributed by atoms with Gasteiger partial charge in [-0.2, -0.15) is 4.98 Å². The molecule has 3 N–H and O–H groups in total. The van der Waals surface area contributed by atoms with E-state index in [1.165, 1.54) is 0 Å². The van der Waals surface area contributed by atoms with Gasteiger partial charge < -0.3 is 11.1 Å². The second-order valence-electron chi connectivity index (χ2n) is 3.42. The van der Waals surface area contributed by atoms with E-state index in [9.17, 15) is 4.21 Å². The third-order valence-electron chi connectivity index (χ3n) is 1.89. The zero-order chi connectivity index (χ0) is 11.3. The lowest BCUT2D eigenvalue weighted by atomic mass is 10.3. The molecule has 5 nitrogen and oxygen atoms in total. The number of nitrogens with two attached hydrogens (primary N) is 1. The highest BCUT2D eigenvalue weighted by atomic mass is 32.2. The molecule has 0 amide bonds. The second kappa shape index (κ2) is 5.65. The fraction of sp³-hybridized carbons (Fsp3) is 0.556. The highest BCUT2D eigenvalue weighted by Gasteiger charge is 2.04. The van der Waals surface area contributed by atoms with E-state index in [2.05, 4.69) is 15.3 Å². The normalized spacial score (nSPS) is 14.5. The molecule has 2 unspecified atom stereocenters. The minimum absolute atomic E-state index is 0.190. The maximum absolute atomic E-state index is 10.9. The van der Waals surface area contributed by atoms with Crippen LogP contribution in [0.3, 0.4) is 0 Å². The standard InChI is InChI=1S/C9H16N4OS/c1-7(4-6-15(2)14)12-9-11-5-3-8(10)13-9/h3,5,7H,4,6H2,1-2H3,(H3,10,11,12,13). The lowest BCUT2D eigenvalue weighted by molar-refractivity contribution is 0.678. The van der Waals surface area contributed by atoms with Gasteiger partial charge in [0.1, 0.15) is 5.82 Å². The molecule has 0 fully saturated rings. The van der Waals surface area contributed by atoms with Gasteiger partial charge in [-0.25, -0.2) is 4.98 Å². The predicted molar refractivity (Wildman–Crippen MR) is 63.1 cm³/mol. The van der Waals surface area contributed by atoms with Gasteiger partial charge in [-0.1, -0.05) is 0 Å². The maximum Gasteiger partial charge on any atom is 0.224 e. The first kappa shape index (κ1) is 11.9. The van der Waals surface area contributed by atoms with Gasteiger partial charge in [0, 0.05) is 35.0 Å². The van der Waals surface area contributed by atoms with Crippen LogP contribution in [0.1, 0.15) is 13.3 Å². The van der Waals surface area contributed by atoms with Crippen LogP contribution in [-0.2, 0) is 10.8 Å². The summed E-state index contributed by atoms with van der Waals surface area (Å²) in [5.74, 6) is 1.64. The molecule has 2 atom stereocenters. The molecule has 1 aromatic heterocycles. The summed E-state index contributed by atoms with van der Waals surface area (Å²) in [4.78, 5) is 8.05. The molecule has 0 radical (unpaired) electrons. The molecular weight excluding hydrogens is 212 g/mol. The Morgan fingerprint density at radius 2 is 2.40 bits per heavy atom. The summed E-state index contributed by atoms with van der Waals surface area (Å²) in [5.41, 5.74) is 5.52. The zero-order valence-corrected chi connectivity index (χ0v) is 9.75. The van der Waals surface area contributed by atoms with E-state index in [1.54, 1.807) is 18.5 Å². The summed E-state index contributed by atoms with van der Waals surface area (Å²) in [5, 5.41) is 3.10. The first-order valence-corrected chi connectivity index (χ1v) is 6.45. The maximum atomic E-state index is 10.9. The average molecular weight is 228 g/mol. The van der Waals surface area contributed by atoms with E-state index in [0.717, 1.165) is 6.42 Å². The van der Waals surface area contributed by atoms with E-state index in [-0.39, 0.29) is 6.04 Å². The van der Waals surface area contributed by atoms with Gasteiger partial charge in [-0.05, 0) is 19.4 Å². The van der Waals surface area contributed by atoms with Gasteiger partial charge in [0.2, 0.25) is 5.95 Å². The molecule has 0 aromatic carbocycles. The second-order valence-corrected chi connectivity index (χ2v) is 4.97. The fourth-order valence-corrected chi connectivity index (χ4v) is 1.76. The van der Waals surface area contributed by atoms with Crippen molar-refractivity contribution in [3.63, 3.8) is 0 Å². The Morgan fingerprint density at radius 3 is 3.00 bits per heavy atom. The smallest absolute Gasteiger partial charge is 0.224 e. The van der Waals surface area contributed by atoms with Crippen molar-refractivity contribution in [1.29, 1.82) is 0 Å². The molecule has 6 heteroatoms. The minimum atomic E-state index is -0.754. The highest BCUT2D eigenvalue weighted by Crippen LogP contribution is 2.05. The Morgan fingerprint density at radius 1 is 1.67 bits per heavy atom. The third-order valence-corrected chi connectivity index (χ3v) is 2.70. The molecule has 15 heavy (non-hydrogen) atoms. The predicted octanol–water partition coefficient (Wildman–Crippen LogP) is 0.628. The van der Waals surface area contributed by atoms with E-state index in [4.69, 9.17) is 5.73 Å². The van der Waals surface area contributed by atoms with Gasteiger partial charge in [0.25, 0.3) is 0 Å². The summed E-state index contributed by atoms with van der Waals surface area (Å²) in [7, 11) is -0.754. The molecule has 0 aliphatic rings. The Bertz CT molecular complexity index is 345. The van der Waals surface area contributed by atoms with Crippen LogP contribution in [0.15, 0.2) is 12.3 Å². The summed E-state index contributed by atoms with van der Waals surface area (Å²) in [6.07, 6.45) is 4.13. The quantitative estimate of drug-likeness (QED) is 0.772.